The lowest BCUT2D eigenvalue weighted by atomic mass is 10.1. The standard InChI is InChI=1S/C22H20F3N5O3/c23-22(24,25)15-5-4-6-17(13-15)29-12-9-20(27-29)26-21(31)18-14-16(7-8-19(18)30(32)33)28-10-2-1-3-11-28/h4-9,12-14H,1-3,10-11H2,(H,26,27,31). The average Bonchev–Trinajstić information content (AvgIpc) is 3.27. The molecule has 2 aromatic carbocycles. The Labute approximate surface area is 186 Å². The number of rotatable bonds is 5. The Morgan fingerprint density at radius 1 is 1.03 bits per heavy atom. The number of nitro groups is 1. The number of carbonyl (C=O) groups excluding carboxylic acids is 1. The fraction of sp³-hybridized carbons (Fsp3) is 0.273. The van der Waals surface area contributed by atoms with E-state index in [4.69, 9.17) is 0 Å². The molecule has 1 saturated heterocycles. The van der Waals surface area contributed by atoms with Gasteiger partial charge in [0.25, 0.3) is 11.6 Å². The number of piperidine rings is 1. The SMILES string of the molecule is O=C(Nc1ccn(-c2cccc(C(F)(F)F)c2)n1)c1cc(N2CCCCC2)ccc1[N+](=O)[O-]. The Morgan fingerprint density at radius 2 is 1.79 bits per heavy atom. The molecule has 0 bridgehead atoms. The largest absolute Gasteiger partial charge is 0.416 e. The number of nitro benzene ring substituents is 1. The lowest BCUT2D eigenvalue weighted by Crippen LogP contribution is -2.29. The summed E-state index contributed by atoms with van der Waals surface area (Å²) in [5.41, 5.74) is -0.406. The third-order valence-electron chi connectivity index (χ3n) is 5.41. The molecule has 4 rings (SSSR count). The molecular formula is C22H20F3N5O3. The second-order valence-electron chi connectivity index (χ2n) is 7.65. The summed E-state index contributed by atoms with van der Waals surface area (Å²) in [6.45, 7) is 1.61. The van der Waals surface area contributed by atoms with Gasteiger partial charge in [-0.3, -0.25) is 14.9 Å². The van der Waals surface area contributed by atoms with E-state index in [1.807, 2.05) is 0 Å². The first-order valence-electron chi connectivity index (χ1n) is 10.3. The fourth-order valence-corrected chi connectivity index (χ4v) is 3.76. The number of nitrogens with zero attached hydrogens (tertiary/aromatic N) is 4. The van der Waals surface area contributed by atoms with Crippen molar-refractivity contribution in [1.82, 2.24) is 9.78 Å². The number of nitrogens with one attached hydrogen (secondary N) is 1. The van der Waals surface area contributed by atoms with Crippen LogP contribution in [0, 0.1) is 10.1 Å². The van der Waals surface area contributed by atoms with Crippen LogP contribution >= 0.6 is 0 Å². The molecule has 172 valence electrons. The molecule has 33 heavy (non-hydrogen) atoms. The fourth-order valence-electron chi connectivity index (χ4n) is 3.76. The highest BCUT2D eigenvalue weighted by atomic mass is 19.4. The lowest BCUT2D eigenvalue weighted by molar-refractivity contribution is -0.385. The van der Waals surface area contributed by atoms with Crippen molar-refractivity contribution in [3.8, 4) is 5.69 Å². The van der Waals surface area contributed by atoms with Crippen LogP contribution in [0.1, 0.15) is 35.2 Å². The summed E-state index contributed by atoms with van der Waals surface area (Å²) < 4.78 is 40.1. The summed E-state index contributed by atoms with van der Waals surface area (Å²) in [6.07, 6.45) is 0.0184. The highest BCUT2D eigenvalue weighted by Gasteiger charge is 2.30. The molecule has 1 aliphatic rings. The molecule has 0 atom stereocenters. The minimum atomic E-state index is -4.50. The molecule has 1 fully saturated rings. The van der Waals surface area contributed by atoms with Gasteiger partial charge in [-0.2, -0.15) is 18.3 Å². The van der Waals surface area contributed by atoms with Crippen LogP contribution in [0.4, 0.5) is 30.4 Å². The van der Waals surface area contributed by atoms with Gasteiger partial charge in [-0.05, 0) is 49.6 Å². The van der Waals surface area contributed by atoms with E-state index in [9.17, 15) is 28.1 Å². The first kappa shape index (κ1) is 22.3. The summed E-state index contributed by atoms with van der Waals surface area (Å²) >= 11 is 0. The number of benzene rings is 2. The molecule has 8 nitrogen and oxygen atoms in total. The van der Waals surface area contributed by atoms with E-state index in [1.165, 1.54) is 41.2 Å². The van der Waals surface area contributed by atoms with Crippen molar-refractivity contribution in [3.05, 3.63) is 76.0 Å². The first-order valence-corrected chi connectivity index (χ1v) is 10.3. The second kappa shape index (κ2) is 8.93. The van der Waals surface area contributed by atoms with E-state index in [0.29, 0.717) is 0 Å². The number of hydrogen-bond acceptors (Lipinski definition) is 5. The van der Waals surface area contributed by atoms with E-state index in [1.54, 1.807) is 6.07 Å². The van der Waals surface area contributed by atoms with Gasteiger partial charge in [-0.25, -0.2) is 4.68 Å². The predicted molar refractivity (Wildman–Crippen MR) is 116 cm³/mol. The van der Waals surface area contributed by atoms with Gasteiger partial charge in [0.1, 0.15) is 5.56 Å². The number of aromatic nitrogens is 2. The summed E-state index contributed by atoms with van der Waals surface area (Å²) in [5, 5.41) is 18.1. The predicted octanol–water partition coefficient (Wildman–Crippen LogP) is 5.04. The summed E-state index contributed by atoms with van der Waals surface area (Å²) in [7, 11) is 0. The smallest absolute Gasteiger partial charge is 0.372 e. The zero-order valence-electron chi connectivity index (χ0n) is 17.4. The summed E-state index contributed by atoms with van der Waals surface area (Å²) in [6, 6.07) is 10.4. The maximum absolute atomic E-state index is 13.0. The molecule has 11 heteroatoms. The average molecular weight is 459 g/mol. The van der Waals surface area contributed by atoms with Crippen molar-refractivity contribution < 1.29 is 22.9 Å². The molecule has 1 amide bonds. The molecule has 1 aromatic heterocycles. The molecule has 1 aliphatic heterocycles. The van der Waals surface area contributed by atoms with Crippen molar-refractivity contribution in [3.63, 3.8) is 0 Å². The monoisotopic (exact) mass is 459 g/mol. The van der Waals surface area contributed by atoms with E-state index in [-0.39, 0.29) is 22.8 Å². The van der Waals surface area contributed by atoms with Gasteiger partial charge in [-0.15, -0.1) is 0 Å². The van der Waals surface area contributed by atoms with Crippen LogP contribution in [0.3, 0.4) is 0 Å². The molecule has 3 aromatic rings. The quantitative estimate of drug-likeness (QED) is 0.426. The normalized spacial score (nSPS) is 14.2. The number of halogens is 3. The zero-order chi connectivity index (χ0) is 23.6. The molecule has 0 saturated carbocycles. The van der Waals surface area contributed by atoms with Crippen LogP contribution in [0.25, 0.3) is 5.69 Å². The van der Waals surface area contributed by atoms with Crippen LogP contribution < -0.4 is 10.2 Å². The third-order valence-corrected chi connectivity index (χ3v) is 5.41. The number of amides is 1. The van der Waals surface area contributed by atoms with Crippen LogP contribution in [0.5, 0.6) is 0 Å². The van der Waals surface area contributed by atoms with E-state index in [0.717, 1.165) is 50.2 Å². The van der Waals surface area contributed by atoms with Gasteiger partial charge in [0.05, 0.1) is 16.2 Å². The minimum absolute atomic E-state index is 0.0510. The van der Waals surface area contributed by atoms with Gasteiger partial charge < -0.3 is 10.2 Å². The Morgan fingerprint density at radius 3 is 2.48 bits per heavy atom. The maximum Gasteiger partial charge on any atom is 0.416 e. The van der Waals surface area contributed by atoms with Crippen molar-refractivity contribution in [1.29, 1.82) is 0 Å². The van der Waals surface area contributed by atoms with Crippen molar-refractivity contribution in [2.75, 3.05) is 23.3 Å². The molecule has 1 N–H and O–H groups in total. The number of carbonyl (C=O) groups is 1. The van der Waals surface area contributed by atoms with E-state index in [2.05, 4.69) is 15.3 Å². The van der Waals surface area contributed by atoms with Gasteiger partial charge in [0.2, 0.25) is 0 Å². The molecule has 0 spiro atoms. The number of hydrogen-bond donors (Lipinski definition) is 1. The Hall–Kier alpha value is -3.89. The van der Waals surface area contributed by atoms with Crippen LogP contribution in [0.15, 0.2) is 54.7 Å². The lowest BCUT2D eigenvalue weighted by Gasteiger charge is -2.29. The third kappa shape index (κ3) is 4.97. The Bertz CT molecular complexity index is 1190. The Kier molecular flexibility index (Phi) is 6.03. The van der Waals surface area contributed by atoms with Crippen molar-refractivity contribution in [2.24, 2.45) is 0 Å². The van der Waals surface area contributed by atoms with Gasteiger partial charge in [0, 0.05) is 37.1 Å². The Balaban J connectivity index is 1.58. The van der Waals surface area contributed by atoms with Crippen molar-refractivity contribution >= 4 is 23.1 Å². The van der Waals surface area contributed by atoms with Crippen LogP contribution in [0.2, 0.25) is 0 Å². The highest BCUT2D eigenvalue weighted by Crippen LogP contribution is 2.31. The maximum atomic E-state index is 13.0. The second-order valence-corrected chi connectivity index (χ2v) is 7.65. The summed E-state index contributed by atoms with van der Waals surface area (Å²) in [5.74, 6) is -0.676. The molecule has 2 heterocycles. The summed E-state index contributed by atoms with van der Waals surface area (Å²) in [4.78, 5) is 25.8. The molecule has 0 unspecified atom stereocenters. The van der Waals surface area contributed by atoms with Crippen molar-refractivity contribution in [2.45, 2.75) is 25.4 Å². The van der Waals surface area contributed by atoms with E-state index < -0.39 is 22.6 Å². The molecule has 0 aliphatic carbocycles. The highest BCUT2D eigenvalue weighted by molar-refractivity contribution is 6.07. The van der Waals surface area contributed by atoms with Crippen LogP contribution in [-0.2, 0) is 6.18 Å². The number of alkyl halides is 3. The molecule has 0 radical (unpaired) electrons. The topological polar surface area (TPSA) is 93.3 Å². The van der Waals surface area contributed by atoms with Gasteiger partial charge in [-0.1, -0.05) is 6.07 Å². The molecular weight excluding hydrogens is 439 g/mol. The number of anilines is 2. The first-order chi connectivity index (χ1) is 15.7. The van der Waals surface area contributed by atoms with Crippen LogP contribution in [-0.4, -0.2) is 33.7 Å². The van der Waals surface area contributed by atoms with Gasteiger partial charge >= 0.3 is 6.18 Å². The van der Waals surface area contributed by atoms with E-state index >= 15 is 0 Å². The zero-order valence-corrected chi connectivity index (χ0v) is 17.4. The van der Waals surface area contributed by atoms with Gasteiger partial charge in [0.15, 0.2) is 5.82 Å². The minimum Gasteiger partial charge on any atom is -0.372 e.